The van der Waals surface area contributed by atoms with Gasteiger partial charge < -0.3 is 15.2 Å². The highest BCUT2D eigenvalue weighted by molar-refractivity contribution is 5.47. The van der Waals surface area contributed by atoms with E-state index >= 15 is 0 Å². The molecule has 0 aliphatic heterocycles. The van der Waals surface area contributed by atoms with Gasteiger partial charge in [-0.2, -0.15) is 0 Å². The summed E-state index contributed by atoms with van der Waals surface area (Å²) in [6.45, 7) is 7.55. The van der Waals surface area contributed by atoms with Gasteiger partial charge in [0.05, 0.1) is 13.7 Å². The molecule has 0 aliphatic carbocycles. The topological polar surface area (TPSA) is 44.5 Å². The normalized spacial score (nSPS) is 12.3. The minimum Gasteiger partial charge on any atom is -0.496 e. The molecule has 1 aromatic carbocycles. The lowest BCUT2D eigenvalue weighted by atomic mass is 9.95. The number of aryl methyl sites for hydroxylation is 1. The number of rotatable bonds is 6. The monoisotopic (exact) mass is 237 g/mol. The molecule has 0 bridgehead atoms. The largest absolute Gasteiger partial charge is 0.496 e. The van der Waals surface area contributed by atoms with Gasteiger partial charge in [0.25, 0.3) is 0 Å². The summed E-state index contributed by atoms with van der Waals surface area (Å²) in [5, 5.41) is 0. The molecule has 1 unspecified atom stereocenters. The molecule has 0 heterocycles. The molecule has 0 radical (unpaired) electrons. The third-order valence-corrected chi connectivity index (χ3v) is 2.96. The molecule has 17 heavy (non-hydrogen) atoms. The fourth-order valence-electron chi connectivity index (χ4n) is 1.96. The standard InChI is InChI=1S/C14H23NO2/c1-5-17-13-9-12(10(2)6-7-15)14(16-4)8-11(13)3/h8-10H,5-7,15H2,1-4H3. The van der Waals surface area contributed by atoms with Crippen LogP contribution in [0.15, 0.2) is 12.1 Å². The maximum atomic E-state index is 5.62. The van der Waals surface area contributed by atoms with Gasteiger partial charge in [-0.3, -0.25) is 0 Å². The minimum atomic E-state index is 0.384. The number of hydrogen-bond donors (Lipinski definition) is 1. The summed E-state index contributed by atoms with van der Waals surface area (Å²) in [5.74, 6) is 2.24. The van der Waals surface area contributed by atoms with E-state index in [0.29, 0.717) is 19.1 Å². The van der Waals surface area contributed by atoms with E-state index in [2.05, 4.69) is 13.0 Å². The predicted molar refractivity (Wildman–Crippen MR) is 71.0 cm³/mol. The summed E-state index contributed by atoms with van der Waals surface area (Å²) >= 11 is 0. The molecule has 0 spiro atoms. The van der Waals surface area contributed by atoms with Crippen LogP contribution in [0.5, 0.6) is 11.5 Å². The SMILES string of the molecule is CCOc1cc(C(C)CCN)c(OC)cc1C. The van der Waals surface area contributed by atoms with Gasteiger partial charge in [-0.1, -0.05) is 6.92 Å². The second-order valence-corrected chi connectivity index (χ2v) is 4.27. The van der Waals surface area contributed by atoms with Gasteiger partial charge in [0.2, 0.25) is 0 Å². The zero-order valence-corrected chi connectivity index (χ0v) is 11.2. The molecular formula is C14H23NO2. The summed E-state index contributed by atoms with van der Waals surface area (Å²) in [7, 11) is 1.70. The first-order valence-corrected chi connectivity index (χ1v) is 6.15. The van der Waals surface area contributed by atoms with Crippen molar-refractivity contribution in [2.75, 3.05) is 20.3 Å². The summed E-state index contributed by atoms with van der Waals surface area (Å²) in [6.07, 6.45) is 0.949. The fourth-order valence-corrected chi connectivity index (χ4v) is 1.96. The fraction of sp³-hybridized carbons (Fsp3) is 0.571. The third kappa shape index (κ3) is 3.37. The Morgan fingerprint density at radius 2 is 2.00 bits per heavy atom. The van der Waals surface area contributed by atoms with Crippen LogP contribution in [0.4, 0.5) is 0 Å². The van der Waals surface area contributed by atoms with E-state index in [1.165, 1.54) is 5.56 Å². The quantitative estimate of drug-likeness (QED) is 0.827. The summed E-state index contributed by atoms with van der Waals surface area (Å²) in [4.78, 5) is 0. The van der Waals surface area contributed by atoms with Gasteiger partial charge >= 0.3 is 0 Å². The Balaban J connectivity index is 3.11. The first-order valence-electron chi connectivity index (χ1n) is 6.15. The number of nitrogens with two attached hydrogens (primary N) is 1. The lowest BCUT2D eigenvalue weighted by Crippen LogP contribution is -2.07. The van der Waals surface area contributed by atoms with Crippen LogP contribution in [-0.4, -0.2) is 20.3 Å². The molecular weight excluding hydrogens is 214 g/mol. The first kappa shape index (κ1) is 13.8. The first-order chi connectivity index (χ1) is 8.13. The van der Waals surface area contributed by atoms with E-state index in [1.807, 2.05) is 19.9 Å². The van der Waals surface area contributed by atoms with Gasteiger partial charge in [0.15, 0.2) is 0 Å². The highest BCUT2D eigenvalue weighted by Crippen LogP contribution is 2.34. The lowest BCUT2D eigenvalue weighted by molar-refractivity contribution is 0.335. The van der Waals surface area contributed by atoms with E-state index in [4.69, 9.17) is 15.2 Å². The second kappa shape index (κ2) is 6.50. The van der Waals surface area contributed by atoms with Crippen molar-refractivity contribution in [3.8, 4) is 11.5 Å². The molecule has 0 saturated carbocycles. The maximum absolute atomic E-state index is 5.62. The Morgan fingerprint density at radius 1 is 1.29 bits per heavy atom. The van der Waals surface area contributed by atoms with Crippen LogP contribution < -0.4 is 15.2 Å². The molecule has 1 aromatic rings. The third-order valence-electron chi connectivity index (χ3n) is 2.96. The van der Waals surface area contributed by atoms with Gasteiger partial charge in [0.1, 0.15) is 11.5 Å². The zero-order chi connectivity index (χ0) is 12.8. The van der Waals surface area contributed by atoms with Crippen molar-refractivity contribution in [2.24, 2.45) is 5.73 Å². The Bertz CT molecular complexity index is 363. The van der Waals surface area contributed by atoms with Crippen LogP contribution in [0.3, 0.4) is 0 Å². The van der Waals surface area contributed by atoms with E-state index in [1.54, 1.807) is 7.11 Å². The van der Waals surface area contributed by atoms with Crippen molar-refractivity contribution in [1.29, 1.82) is 0 Å². The van der Waals surface area contributed by atoms with Gasteiger partial charge in [0, 0.05) is 5.56 Å². The Kier molecular flexibility index (Phi) is 5.29. The van der Waals surface area contributed by atoms with E-state index in [-0.39, 0.29) is 0 Å². The average molecular weight is 237 g/mol. The number of benzene rings is 1. The van der Waals surface area contributed by atoms with Crippen LogP contribution in [0.2, 0.25) is 0 Å². The van der Waals surface area contributed by atoms with Gasteiger partial charge in [-0.15, -0.1) is 0 Å². The van der Waals surface area contributed by atoms with Crippen molar-refractivity contribution >= 4 is 0 Å². The molecule has 0 aliphatic rings. The molecule has 0 fully saturated rings. The molecule has 3 nitrogen and oxygen atoms in total. The van der Waals surface area contributed by atoms with Crippen LogP contribution in [0.25, 0.3) is 0 Å². The molecule has 0 saturated heterocycles. The van der Waals surface area contributed by atoms with Gasteiger partial charge in [-0.05, 0) is 50.4 Å². The molecule has 0 aromatic heterocycles. The highest BCUT2D eigenvalue weighted by Gasteiger charge is 2.14. The summed E-state index contributed by atoms with van der Waals surface area (Å²) in [6, 6.07) is 4.12. The smallest absolute Gasteiger partial charge is 0.122 e. The van der Waals surface area contributed by atoms with Crippen LogP contribution >= 0.6 is 0 Å². The maximum Gasteiger partial charge on any atom is 0.122 e. The molecule has 2 N–H and O–H groups in total. The Labute approximate surface area is 104 Å². The zero-order valence-electron chi connectivity index (χ0n) is 11.2. The van der Waals surface area contributed by atoms with Crippen LogP contribution in [-0.2, 0) is 0 Å². The van der Waals surface area contributed by atoms with Crippen molar-refractivity contribution in [3.05, 3.63) is 23.3 Å². The van der Waals surface area contributed by atoms with E-state index in [9.17, 15) is 0 Å². The number of ether oxygens (including phenoxy) is 2. The lowest BCUT2D eigenvalue weighted by Gasteiger charge is -2.18. The second-order valence-electron chi connectivity index (χ2n) is 4.27. The average Bonchev–Trinajstić information content (AvgIpc) is 2.31. The predicted octanol–water partition coefficient (Wildman–Crippen LogP) is 2.85. The van der Waals surface area contributed by atoms with Gasteiger partial charge in [-0.25, -0.2) is 0 Å². The molecule has 1 atom stereocenters. The number of methoxy groups -OCH3 is 1. The minimum absolute atomic E-state index is 0.384. The summed E-state index contributed by atoms with van der Waals surface area (Å²) < 4.78 is 11.0. The molecule has 0 amide bonds. The van der Waals surface area contributed by atoms with Crippen molar-refractivity contribution in [1.82, 2.24) is 0 Å². The van der Waals surface area contributed by atoms with E-state index < -0.39 is 0 Å². The molecule has 1 rings (SSSR count). The molecule has 96 valence electrons. The number of hydrogen-bond acceptors (Lipinski definition) is 3. The van der Waals surface area contributed by atoms with Crippen molar-refractivity contribution in [3.63, 3.8) is 0 Å². The van der Waals surface area contributed by atoms with Crippen LogP contribution in [0.1, 0.15) is 37.3 Å². The highest BCUT2D eigenvalue weighted by atomic mass is 16.5. The summed E-state index contributed by atoms with van der Waals surface area (Å²) in [5.41, 5.74) is 7.89. The Hall–Kier alpha value is -1.22. The molecule has 3 heteroatoms. The van der Waals surface area contributed by atoms with E-state index in [0.717, 1.165) is 23.5 Å². The van der Waals surface area contributed by atoms with Crippen LogP contribution in [0, 0.1) is 6.92 Å². The van der Waals surface area contributed by atoms with Crippen molar-refractivity contribution in [2.45, 2.75) is 33.1 Å². The van der Waals surface area contributed by atoms with Crippen molar-refractivity contribution < 1.29 is 9.47 Å². The Morgan fingerprint density at radius 3 is 2.53 bits per heavy atom.